The summed E-state index contributed by atoms with van der Waals surface area (Å²) in [5, 5.41) is 27.6. The third-order valence-corrected chi connectivity index (χ3v) is 12.7. The molecule has 5 heterocycles. The molecule has 24 nitrogen and oxygen atoms in total. The first-order chi connectivity index (χ1) is 35.9. The van der Waals surface area contributed by atoms with E-state index in [0.717, 1.165) is 0 Å². The first-order valence-corrected chi connectivity index (χ1v) is 24.7. The molecule has 76 heavy (non-hydrogen) atoms. The summed E-state index contributed by atoms with van der Waals surface area (Å²) in [5.41, 5.74) is 5.93. The number of unbranched alkanes of at least 4 members (excludes halogenated alkanes) is 1. The van der Waals surface area contributed by atoms with E-state index in [1.807, 2.05) is 0 Å². The number of aryl methyl sites for hydroxylation is 1. The molecule has 1 aromatic carbocycles. The molecule has 2 aliphatic rings. The number of aromatic nitrogens is 4. The summed E-state index contributed by atoms with van der Waals surface area (Å²) in [7, 11) is 0. The van der Waals surface area contributed by atoms with Gasteiger partial charge in [-0.1, -0.05) is 20.8 Å². The van der Waals surface area contributed by atoms with Gasteiger partial charge < -0.3 is 78.9 Å². The van der Waals surface area contributed by atoms with Crippen LogP contribution < -0.4 is 43.2 Å². The maximum Gasteiger partial charge on any atom is 0.343 e. The number of amides is 6. The predicted molar refractivity (Wildman–Crippen MR) is 266 cm³/mol. The van der Waals surface area contributed by atoms with Crippen LogP contribution in [-0.2, 0) is 85.6 Å². The molecule has 413 valence electrons. The van der Waals surface area contributed by atoms with Crippen LogP contribution in [0.5, 0.6) is 0 Å². The van der Waals surface area contributed by atoms with Crippen molar-refractivity contribution in [1.29, 1.82) is 0 Å². The standard InChI is InChI=1S/C49H62FN11O13S.Tb/c1-5-49(70)33-15-37-42-31(21-61(37)46(68)32(33)22-74-47(49)69)30(29-14-27(4)34(50)16-36(29)58-42)19-53-39(63)23-73-25-57-38(62)20-54-44(66)35(8-6-7-9-51)59-45(67)41(26(2)3)60-40(64)24-72-13-12-71-11-10-52-43(65)28-17-55-48(75)56-18-28;/h14-18,26,35,41,70H,5-13,19-25,51H2,1-4H3,(H,52,65)(H,53,63)(H,54,66)(H,57,62)(H,59,67)(H,60,64)(H,55,56,75);/p-1/t35-,41-,49+;/m0./s1. The van der Waals surface area contributed by atoms with Crippen LogP contribution in [0.3, 0.4) is 0 Å². The average Bonchev–Trinajstić information content (AvgIpc) is 3.75. The van der Waals surface area contributed by atoms with Gasteiger partial charge in [0.1, 0.15) is 44.5 Å². The first-order valence-electron chi connectivity index (χ1n) is 24.3. The van der Waals surface area contributed by atoms with Crippen molar-refractivity contribution in [3.63, 3.8) is 0 Å². The van der Waals surface area contributed by atoms with Crippen LogP contribution >= 0.6 is 0 Å². The summed E-state index contributed by atoms with van der Waals surface area (Å²) in [5.74, 6) is -5.33. The molecule has 0 saturated heterocycles. The van der Waals surface area contributed by atoms with Gasteiger partial charge in [-0.2, -0.15) is 0 Å². The molecule has 3 atom stereocenters. The van der Waals surface area contributed by atoms with E-state index in [1.165, 1.54) is 29.1 Å². The van der Waals surface area contributed by atoms with Gasteiger partial charge in [-0.15, -0.1) is 0 Å². The van der Waals surface area contributed by atoms with Gasteiger partial charge >= 0.3 is 5.97 Å². The van der Waals surface area contributed by atoms with Gasteiger partial charge in [0.25, 0.3) is 11.5 Å². The molecule has 1 radical (unpaired) electrons. The van der Waals surface area contributed by atoms with Crippen LogP contribution in [0, 0.1) is 57.3 Å². The number of cyclic esters (lactones) is 1. The number of nitrogens with zero attached hydrogens (tertiary/aromatic N) is 4. The number of nitrogens with one attached hydrogen (secondary N) is 6. The monoisotopic (exact) mass is 1220 g/mol. The fourth-order valence-electron chi connectivity index (χ4n) is 8.29. The zero-order chi connectivity index (χ0) is 54.4. The van der Waals surface area contributed by atoms with Crippen molar-refractivity contribution in [3.8, 4) is 11.4 Å². The quantitative estimate of drug-likeness (QED) is 0.0106. The molecule has 0 fully saturated rings. The first kappa shape index (κ1) is 61.0. The topological polar surface area (TPSA) is 336 Å². The largest absolute Gasteiger partial charge is 0.740 e. The molecule has 0 spiro atoms. The number of fused-ring (bicyclic) bond motifs is 5. The summed E-state index contributed by atoms with van der Waals surface area (Å²) >= 11 is 4.81. The minimum Gasteiger partial charge on any atom is -0.740 e. The number of nitrogens with two attached hydrogens (primary N) is 1. The number of carbonyl (C=O) groups is 7. The van der Waals surface area contributed by atoms with Crippen molar-refractivity contribution in [2.24, 2.45) is 11.7 Å². The molecule has 6 amide bonds. The smallest absolute Gasteiger partial charge is 0.343 e. The van der Waals surface area contributed by atoms with E-state index < -0.39 is 96.3 Å². The zero-order valence-corrected chi connectivity index (χ0v) is 45.2. The molecule has 0 bridgehead atoms. The molecular weight excluding hydrogens is 1160 g/mol. The molecule has 6 rings (SSSR count). The molecule has 27 heteroatoms. The van der Waals surface area contributed by atoms with Gasteiger partial charge in [0.15, 0.2) is 5.60 Å². The fraction of sp³-hybridized carbons (Fsp3) is 0.490. The molecule has 0 aliphatic carbocycles. The Morgan fingerprint density at radius 3 is 2.34 bits per heavy atom. The number of aliphatic hydroxyl groups is 1. The van der Waals surface area contributed by atoms with E-state index in [4.69, 9.17) is 42.3 Å². The normalized spacial score (nSPS) is 15.0. The molecule has 4 aromatic rings. The number of hydrogen-bond donors (Lipinski definition) is 8. The predicted octanol–water partition coefficient (Wildman–Crippen LogP) is -0.737. The van der Waals surface area contributed by atoms with Gasteiger partial charge in [-0.25, -0.2) is 14.2 Å². The van der Waals surface area contributed by atoms with E-state index >= 15 is 0 Å². The van der Waals surface area contributed by atoms with Crippen molar-refractivity contribution in [3.05, 3.63) is 80.1 Å². The Bertz CT molecular complexity index is 2860. The van der Waals surface area contributed by atoms with E-state index in [1.54, 1.807) is 33.8 Å². The van der Waals surface area contributed by atoms with Crippen molar-refractivity contribution in [1.82, 2.24) is 51.4 Å². The Hall–Kier alpha value is -5.81. The van der Waals surface area contributed by atoms with Crippen molar-refractivity contribution in [2.75, 3.05) is 59.4 Å². The maximum absolute atomic E-state index is 14.9. The second-order valence-electron chi connectivity index (χ2n) is 18.0. The van der Waals surface area contributed by atoms with Crippen LogP contribution in [0.15, 0.2) is 40.5 Å². The van der Waals surface area contributed by atoms with Crippen LogP contribution in [0.1, 0.15) is 84.6 Å². The SMILES string of the molecule is CC[C@]1(O)C(=O)OCc2c1cc1n(c2=O)Cc2c-1nc1cc(F)c(C)cc1c2CNC(=O)COCNC(=O)CNC(=O)[C@H](CCCCN)NC(=O)[C@@H](NC(=O)COCCOCCNC(=O)c1cnc([S-])nc1)C(C)C.[Tb]. The van der Waals surface area contributed by atoms with Crippen LogP contribution in [-0.4, -0.2) is 138 Å². The fourth-order valence-corrected chi connectivity index (χ4v) is 8.40. The van der Waals surface area contributed by atoms with Crippen molar-refractivity contribution >= 4 is 64.9 Å². The number of benzene rings is 1. The van der Waals surface area contributed by atoms with Gasteiger partial charge in [0.2, 0.25) is 29.5 Å². The van der Waals surface area contributed by atoms with E-state index in [-0.39, 0.29) is 131 Å². The number of esters is 1. The number of halogens is 1. The minimum absolute atomic E-state index is 0. The van der Waals surface area contributed by atoms with Crippen LogP contribution in [0.2, 0.25) is 0 Å². The van der Waals surface area contributed by atoms with Gasteiger partial charge in [0.05, 0.1) is 60.9 Å². The summed E-state index contributed by atoms with van der Waals surface area (Å²) in [6.45, 7) is 5.27. The number of rotatable bonds is 27. The van der Waals surface area contributed by atoms with E-state index in [0.29, 0.717) is 52.9 Å². The Labute approximate surface area is 472 Å². The minimum atomic E-state index is -2.05. The zero-order valence-electron chi connectivity index (χ0n) is 42.3. The van der Waals surface area contributed by atoms with Crippen LogP contribution in [0.25, 0.3) is 22.3 Å². The molecular formula is C49H61FN11O13STb-. The molecule has 0 saturated carbocycles. The van der Waals surface area contributed by atoms with Crippen molar-refractivity contribution in [2.45, 2.75) is 95.9 Å². The van der Waals surface area contributed by atoms with Crippen molar-refractivity contribution < 1.29 is 101 Å². The van der Waals surface area contributed by atoms with Gasteiger partial charge in [-0.3, -0.25) is 43.5 Å². The third-order valence-electron chi connectivity index (χ3n) is 12.4. The second-order valence-corrected chi connectivity index (χ2v) is 18.4. The summed E-state index contributed by atoms with van der Waals surface area (Å²) in [6.07, 6.45) is 3.78. The van der Waals surface area contributed by atoms with E-state index in [9.17, 15) is 47.9 Å². The van der Waals surface area contributed by atoms with Gasteiger partial charge in [-0.05, 0) is 68.3 Å². The van der Waals surface area contributed by atoms with Gasteiger partial charge in [0, 0.05) is 91.8 Å². The Morgan fingerprint density at radius 1 is 0.908 bits per heavy atom. The molecule has 3 aromatic heterocycles. The Kier molecular flexibility index (Phi) is 22.9. The summed E-state index contributed by atoms with van der Waals surface area (Å²) in [4.78, 5) is 116. The molecule has 0 unspecified atom stereocenters. The van der Waals surface area contributed by atoms with Crippen LogP contribution in [0.4, 0.5) is 4.39 Å². The second kappa shape index (κ2) is 28.5. The number of carbonyl (C=O) groups excluding carboxylic acids is 7. The molecule has 2 aliphatic heterocycles. The maximum atomic E-state index is 14.9. The number of hydrogen-bond acceptors (Lipinski definition) is 18. The average molecular weight is 1220 g/mol. The number of ether oxygens (including phenoxy) is 4. The Morgan fingerprint density at radius 2 is 1.63 bits per heavy atom. The van der Waals surface area contributed by atoms with E-state index in [2.05, 4.69) is 41.9 Å². The third kappa shape index (κ3) is 15.4. The summed E-state index contributed by atoms with van der Waals surface area (Å²) in [6, 6.07) is 2.26. The summed E-state index contributed by atoms with van der Waals surface area (Å²) < 4.78 is 37.7. The number of pyridine rings is 2. The molecule has 9 N–H and O–H groups in total. The Balaban J connectivity index is 0.0000107.